The Morgan fingerprint density at radius 1 is 0.865 bits per heavy atom. The molecule has 4 rings (SSSR count). The fraction of sp³-hybridized carbons (Fsp3) is 0.355. The molecule has 0 saturated heterocycles. The summed E-state index contributed by atoms with van der Waals surface area (Å²) in [4.78, 5) is 0. The van der Waals surface area contributed by atoms with Crippen molar-refractivity contribution in [1.29, 1.82) is 0 Å². The van der Waals surface area contributed by atoms with Gasteiger partial charge in [0.2, 0.25) is 0 Å². The van der Waals surface area contributed by atoms with Gasteiger partial charge in [-0.1, -0.05) is 77.2 Å². The Balaban J connectivity index is 1.79. The fourth-order valence-corrected chi connectivity index (χ4v) is 6.35. The number of ether oxygens (including phenoxy) is 2. The number of halogens is 2. The summed E-state index contributed by atoms with van der Waals surface area (Å²) in [5.74, 6) is 0.600. The van der Waals surface area contributed by atoms with Crippen LogP contribution in [0, 0.1) is 9.39 Å². The maximum atomic E-state index is 13.9. The number of aromatic nitrogens is 1. The lowest BCUT2D eigenvalue weighted by atomic mass is 9.90. The van der Waals surface area contributed by atoms with Gasteiger partial charge in [0.1, 0.15) is 18.2 Å². The van der Waals surface area contributed by atoms with E-state index in [1.165, 1.54) is 12.1 Å². The van der Waals surface area contributed by atoms with Crippen LogP contribution in [0.25, 0.3) is 16.6 Å². The third-order valence-corrected chi connectivity index (χ3v) is 11.7. The van der Waals surface area contributed by atoms with Crippen LogP contribution >= 0.6 is 22.6 Å². The highest BCUT2D eigenvalue weighted by molar-refractivity contribution is 14.1. The van der Waals surface area contributed by atoms with Gasteiger partial charge in [0.05, 0.1) is 17.5 Å². The number of fused-ring (bicyclic) bond motifs is 1. The van der Waals surface area contributed by atoms with Crippen LogP contribution in [0.15, 0.2) is 72.8 Å². The molecule has 0 saturated carbocycles. The minimum Gasteiger partial charge on any atom is -0.488 e. The van der Waals surface area contributed by atoms with Crippen molar-refractivity contribution in [2.24, 2.45) is 0 Å². The molecule has 37 heavy (non-hydrogen) atoms. The molecular formula is C31H37FINO2Si. The molecule has 0 bridgehead atoms. The highest BCUT2D eigenvalue weighted by Crippen LogP contribution is 2.42. The number of rotatable bonds is 10. The maximum absolute atomic E-state index is 13.9. The van der Waals surface area contributed by atoms with Crippen LogP contribution in [-0.4, -0.2) is 26.6 Å². The zero-order valence-corrected chi connectivity index (χ0v) is 26.0. The summed E-state index contributed by atoms with van der Waals surface area (Å²) < 4.78 is 30.0. The molecule has 0 aliphatic rings. The number of benzene rings is 3. The molecule has 0 aliphatic heterocycles. The van der Waals surface area contributed by atoms with Gasteiger partial charge >= 0.3 is 0 Å². The van der Waals surface area contributed by atoms with E-state index >= 15 is 0 Å². The number of nitrogens with zero attached hydrogens (tertiary/aromatic N) is 1. The van der Waals surface area contributed by atoms with Gasteiger partial charge in [-0.2, -0.15) is 0 Å². The second kappa shape index (κ2) is 11.3. The molecule has 196 valence electrons. The molecule has 0 fully saturated rings. The van der Waals surface area contributed by atoms with Crippen LogP contribution in [0.2, 0.25) is 18.1 Å². The number of hydrogen-bond donors (Lipinski definition) is 0. The van der Waals surface area contributed by atoms with Gasteiger partial charge in [0.15, 0.2) is 0 Å². The molecule has 1 heterocycles. The Hall–Kier alpha value is -2.16. The van der Waals surface area contributed by atoms with Crippen molar-refractivity contribution in [3.8, 4) is 11.4 Å². The molecule has 3 nitrogen and oxygen atoms in total. The lowest BCUT2D eigenvalue weighted by Gasteiger charge is -2.32. The zero-order chi connectivity index (χ0) is 26.8. The summed E-state index contributed by atoms with van der Waals surface area (Å²) in [6.07, 6.45) is 0. The molecule has 0 spiro atoms. The predicted octanol–water partition coefficient (Wildman–Crippen LogP) is 8.51. The molecule has 0 amide bonds. The zero-order valence-electron chi connectivity index (χ0n) is 22.6. The van der Waals surface area contributed by atoms with E-state index in [1.807, 2.05) is 42.5 Å². The molecule has 0 atom stereocenters. The quantitative estimate of drug-likeness (QED) is 0.130. The van der Waals surface area contributed by atoms with Crippen molar-refractivity contribution in [2.45, 2.75) is 57.8 Å². The van der Waals surface area contributed by atoms with Crippen molar-refractivity contribution in [1.82, 2.24) is 4.57 Å². The van der Waals surface area contributed by atoms with Crippen LogP contribution in [0.1, 0.15) is 39.0 Å². The van der Waals surface area contributed by atoms with E-state index in [-0.39, 0.29) is 16.3 Å². The molecule has 0 radical (unpaired) electrons. The van der Waals surface area contributed by atoms with Crippen LogP contribution in [-0.2, 0) is 16.8 Å². The smallest absolute Gasteiger partial charge is 0.130 e. The molecule has 0 aliphatic carbocycles. The molecule has 0 N–H and O–H groups in total. The van der Waals surface area contributed by atoms with Gasteiger partial charge in [0, 0.05) is 35.8 Å². The van der Waals surface area contributed by atoms with Gasteiger partial charge in [-0.25, -0.2) is 4.39 Å². The molecule has 1 aromatic heterocycles. The molecule has 0 unspecified atom stereocenters. The first kappa shape index (κ1) is 27.9. The first-order valence-electron chi connectivity index (χ1n) is 12.8. The lowest BCUT2D eigenvalue weighted by molar-refractivity contribution is 0.0765. The van der Waals surface area contributed by atoms with Gasteiger partial charge in [-0.05, 0) is 69.6 Å². The minimum absolute atomic E-state index is 0.228. The summed E-state index contributed by atoms with van der Waals surface area (Å²) in [5, 5.41) is 1.30. The average molecular weight is 630 g/mol. The Labute approximate surface area is 235 Å². The topological polar surface area (TPSA) is 23.4 Å². The van der Waals surface area contributed by atoms with Gasteiger partial charge in [-0.3, -0.25) is 0 Å². The third kappa shape index (κ3) is 6.12. The van der Waals surface area contributed by atoms with Crippen molar-refractivity contribution in [2.75, 3.05) is 13.2 Å². The molecule has 6 heteroatoms. The number of hydrogen-bond acceptors (Lipinski definition) is 2. The van der Waals surface area contributed by atoms with E-state index < -0.39 is 8.80 Å². The third-order valence-electron chi connectivity index (χ3n) is 7.36. The second-order valence-corrected chi connectivity index (χ2v) is 16.4. The first-order chi connectivity index (χ1) is 17.5. The maximum Gasteiger partial charge on any atom is 0.130 e. The Kier molecular flexibility index (Phi) is 8.50. The SMILES string of the molecule is C[SiH](C)C(C)(C)COCC(C)(C)c1c(I)c2c(OCc3ccccc3)cccc2n1-c1ccc(F)cc1. The standard InChI is InChI=1S/C31H37FINO2Si/c1-30(2,20-35-21-31(3,4)37(5)6)29-28(33)27-25(34(29)24-17-15-23(32)16-18-24)13-10-14-26(27)36-19-22-11-8-7-9-12-22/h7-18,37H,19-21H2,1-6H3. The normalized spacial score (nSPS) is 12.5. The first-order valence-corrected chi connectivity index (χ1v) is 16.8. The summed E-state index contributed by atoms with van der Waals surface area (Å²) in [7, 11) is -0.862. The van der Waals surface area contributed by atoms with Crippen molar-refractivity contribution in [3.05, 3.63) is 93.4 Å². The van der Waals surface area contributed by atoms with Crippen LogP contribution in [0.5, 0.6) is 5.75 Å². The summed E-state index contributed by atoms with van der Waals surface area (Å²) in [6, 6.07) is 23.1. The largest absolute Gasteiger partial charge is 0.488 e. The monoisotopic (exact) mass is 629 g/mol. The van der Waals surface area contributed by atoms with E-state index in [4.69, 9.17) is 9.47 Å². The van der Waals surface area contributed by atoms with E-state index in [0.717, 1.165) is 43.8 Å². The Bertz CT molecular complexity index is 1350. The molecule has 3 aromatic carbocycles. The fourth-order valence-electron chi connectivity index (χ4n) is 4.38. The molecule has 4 aromatic rings. The van der Waals surface area contributed by atoms with Crippen LogP contribution in [0.4, 0.5) is 4.39 Å². The molecular weight excluding hydrogens is 592 g/mol. The van der Waals surface area contributed by atoms with Crippen LogP contribution < -0.4 is 4.74 Å². The highest BCUT2D eigenvalue weighted by atomic mass is 127. The van der Waals surface area contributed by atoms with Crippen molar-refractivity contribution in [3.63, 3.8) is 0 Å². The van der Waals surface area contributed by atoms with Gasteiger partial charge in [-0.15, -0.1) is 0 Å². The van der Waals surface area contributed by atoms with E-state index in [1.54, 1.807) is 0 Å². The van der Waals surface area contributed by atoms with Crippen LogP contribution in [0.3, 0.4) is 0 Å². The van der Waals surface area contributed by atoms with E-state index in [0.29, 0.717) is 13.2 Å². The second-order valence-electron chi connectivity index (χ2n) is 11.4. The summed E-state index contributed by atoms with van der Waals surface area (Å²) >= 11 is 2.45. The van der Waals surface area contributed by atoms with E-state index in [9.17, 15) is 4.39 Å². The van der Waals surface area contributed by atoms with Gasteiger partial charge in [0.25, 0.3) is 0 Å². The van der Waals surface area contributed by atoms with Crippen molar-refractivity contribution >= 4 is 42.3 Å². The summed E-state index contributed by atoms with van der Waals surface area (Å²) in [6.45, 7) is 15.7. The average Bonchev–Trinajstić information content (AvgIpc) is 3.17. The minimum atomic E-state index is -0.862. The Morgan fingerprint density at radius 2 is 1.54 bits per heavy atom. The lowest BCUT2D eigenvalue weighted by Crippen LogP contribution is -2.32. The van der Waals surface area contributed by atoms with Crippen molar-refractivity contribution < 1.29 is 13.9 Å². The van der Waals surface area contributed by atoms with E-state index in [2.05, 4.69) is 86.1 Å². The summed E-state index contributed by atoms with van der Waals surface area (Å²) in [5.41, 5.74) is 3.94. The predicted molar refractivity (Wildman–Crippen MR) is 163 cm³/mol. The highest BCUT2D eigenvalue weighted by Gasteiger charge is 2.33. The van der Waals surface area contributed by atoms with Gasteiger partial charge < -0.3 is 14.0 Å². The Morgan fingerprint density at radius 3 is 2.19 bits per heavy atom.